The summed E-state index contributed by atoms with van der Waals surface area (Å²) in [6.45, 7) is 1.89. The molecule has 0 aromatic carbocycles. The van der Waals surface area contributed by atoms with Gasteiger partial charge in [0.05, 0.1) is 17.9 Å². The normalized spacial score (nSPS) is 22.5. The maximum atomic E-state index is 12.7. The number of carbonyl (C=O) groups is 1. The zero-order valence-electron chi connectivity index (χ0n) is 15.5. The highest BCUT2D eigenvalue weighted by Crippen LogP contribution is 2.45. The highest BCUT2D eigenvalue weighted by Gasteiger charge is 2.47. The van der Waals surface area contributed by atoms with E-state index in [4.69, 9.17) is 4.74 Å². The smallest absolute Gasteiger partial charge is 0.249 e. The number of pyridine rings is 2. The summed E-state index contributed by atoms with van der Waals surface area (Å²) in [5, 5.41) is 4.56. The highest BCUT2D eigenvalue weighted by molar-refractivity contribution is 5.79. The summed E-state index contributed by atoms with van der Waals surface area (Å²) in [6, 6.07) is 7.61. The molecule has 142 valence electrons. The van der Waals surface area contributed by atoms with Crippen molar-refractivity contribution in [2.75, 3.05) is 6.61 Å². The molecule has 2 fully saturated rings. The van der Waals surface area contributed by atoms with Gasteiger partial charge in [-0.2, -0.15) is 5.10 Å². The Hall–Kier alpha value is -3.13. The van der Waals surface area contributed by atoms with Gasteiger partial charge in [0, 0.05) is 24.6 Å². The molecule has 3 aromatic rings. The molecule has 1 aliphatic heterocycles. The Balaban J connectivity index is 1.63. The second kappa shape index (κ2) is 6.79. The number of amides is 1. The zero-order valence-corrected chi connectivity index (χ0v) is 15.5. The third kappa shape index (κ3) is 2.95. The molecule has 1 saturated carbocycles. The molecule has 0 radical (unpaired) electrons. The zero-order chi connectivity index (χ0) is 19.1. The van der Waals surface area contributed by atoms with Crippen LogP contribution in [-0.2, 0) is 9.53 Å². The molecule has 2 aliphatic rings. The maximum Gasteiger partial charge on any atom is 0.249 e. The van der Waals surface area contributed by atoms with Gasteiger partial charge in [-0.05, 0) is 43.5 Å². The number of morpholine rings is 1. The third-order valence-corrected chi connectivity index (χ3v) is 5.11. The minimum Gasteiger partial charge on any atom is -0.358 e. The van der Waals surface area contributed by atoms with Crippen LogP contribution in [0.5, 0.6) is 0 Å². The van der Waals surface area contributed by atoms with Crippen molar-refractivity contribution in [2.24, 2.45) is 0 Å². The molecule has 28 heavy (non-hydrogen) atoms. The molecule has 0 unspecified atom stereocenters. The monoisotopic (exact) mass is 376 g/mol. The fourth-order valence-electron chi connectivity index (χ4n) is 3.80. The Morgan fingerprint density at radius 3 is 2.57 bits per heavy atom. The van der Waals surface area contributed by atoms with E-state index >= 15 is 0 Å². The van der Waals surface area contributed by atoms with Gasteiger partial charge in [0.15, 0.2) is 5.82 Å². The summed E-state index contributed by atoms with van der Waals surface area (Å²) in [5.74, 6) is 1.32. The molecular formula is C20H20N6O2. The second-order valence-electron chi connectivity index (χ2n) is 7.14. The van der Waals surface area contributed by atoms with Crippen LogP contribution in [0.4, 0.5) is 0 Å². The molecule has 4 heterocycles. The average Bonchev–Trinajstić information content (AvgIpc) is 3.50. The van der Waals surface area contributed by atoms with E-state index in [9.17, 15) is 4.79 Å². The van der Waals surface area contributed by atoms with Crippen molar-refractivity contribution in [3.8, 4) is 5.69 Å². The molecule has 3 aromatic heterocycles. The Morgan fingerprint density at radius 2 is 1.89 bits per heavy atom. The molecule has 0 spiro atoms. The van der Waals surface area contributed by atoms with Gasteiger partial charge in [0.2, 0.25) is 5.91 Å². The summed E-state index contributed by atoms with van der Waals surface area (Å²) in [7, 11) is 0. The lowest BCUT2D eigenvalue weighted by atomic mass is 9.98. The van der Waals surface area contributed by atoms with Gasteiger partial charge in [-0.1, -0.05) is 6.07 Å². The van der Waals surface area contributed by atoms with Crippen molar-refractivity contribution < 1.29 is 9.53 Å². The summed E-state index contributed by atoms with van der Waals surface area (Å²) in [5.41, 5.74) is 1.74. The van der Waals surface area contributed by atoms with Gasteiger partial charge >= 0.3 is 0 Å². The third-order valence-electron chi connectivity index (χ3n) is 5.11. The Bertz CT molecular complexity index is 986. The topological polar surface area (TPSA) is 86.0 Å². The molecule has 0 bridgehead atoms. The van der Waals surface area contributed by atoms with Gasteiger partial charge in [0.25, 0.3) is 0 Å². The van der Waals surface area contributed by atoms with Crippen LogP contribution >= 0.6 is 0 Å². The minimum absolute atomic E-state index is 0.0109. The summed E-state index contributed by atoms with van der Waals surface area (Å²) < 4.78 is 7.83. The Morgan fingerprint density at radius 1 is 1.11 bits per heavy atom. The molecule has 1 aliphatic carbocycles. The predicted octanol–water partition coefficient (Wildman–Crippen LogP) is 2.17. The number of nitrogens with zero attached hydrogens (tertiary/aromatic N) is 6. The summed E-state index contributed by atoms with van der Waals surface area (Å²) in [6.07, 6.45) is 8.58. The van der Waals surface area contributed by atoms with Gasteiger partial charge in [-0.3, -0.25) is 14.8 Å². The van der Waals surface area contributed by atoms with E-state index in [1.165, 1.54) is 0 Å². The molecule has 1 saturated heterocycles. The van der Waals surface area contributed by atoms with Crippen molar-refractivity contribution in [2.45, 2.75) is 38.0 Å². The van der Waals surface area contributed by atoms with Gasteiger partial charge in [-0.25, -0.2) is 9.67 Å². The first kappa shape index (κ1) is 17.0. The van der Waals surface area contributed by atoms with Crippen LogP contribution in [0.1, 0.15) is 42.2 Å². The first-order valence-corrected chi connectivity index (χ1v) is 9.39. The van der Waals surface area contributed by atoms with Crippen molar-refractivity contribution in [1.82, 2.24) is 29.6 Å². The second-order valence-corrected chi connectivity index (χ2v) is 7.14. The van der Waals surface area contributed by atoms with Crippen LogP contribution in [0.25, 0.3) is 5.69 Å². The van der Waals surface area contributed by atoms with Crippen molar-refractivity contribution in [3.05, 3.63) is 66.3 Å². The van der Waals surface area contributed by atoms with Gasteiger partial charge < -0.3 is 9.64 Å². The van der Waals surface area contributed by atoms with E-state index in [1.54, 1.807) is 29.5 Å². The van der Waals surface area contributed by atoms with E-state index in [1.807, 2.05) is 36.1 Å². The lowest BCUT2D eigenvalue weighted by molar-refractivity contribution is -0.160. The van der Waals surface area contributed by atoms with Crippen LogP contribution in [-0.4, -0.2) is 48.2 Å². The van der Waals surface area contributed by atoms with Crippen LogP contribution in [0, 0.1) is 6.92 Å². The molecular weight excluding hydrogens is 356 g/mol. The Labute approximate surface area is 162 Å². The fraction of sp³-hybridized carbons (Fsp3) is 0.350. The predicted molar refractivity (Wildman–Crippen MR) is 99.4 cm³/mol. The van der Waals surface area contributed by atoms with Crippen LogP contribution < -0.4 is 0 Å². The number of aryl methyl sites for hydroxylation is 1. The number of carbonyl (C=O) groups excluding carboxylic acids is 1. The average molecular weight is 376 g/mol. The quantitative estimate of drug-likeness (QED) is 0.694. The van der Waals surface area contributed by atoms with Crippen LogP contribution in [0.15, 0.2) is 49.1 Å². The van der Waals surface area contributed by atoms with Crippen LogP contribution in [0.2, 0.25) is 0 Å². The number of ether oxygens (including phenoxy) is 1. The molecule has 1 amide bonds. The van der Waals surface area contributed by atoms with Crippen molar-refractivity contribution >= 4 is 5.91 Å². The molecule has 0 N–H and O–H groups in total. The molecule has 5 rings (SSSR count). The van der Waals surface area contributed by atoms with Crippen molar-refractivity contribution in [3.63, 3.8) is 0 Å². The van der Waals surface area contributed by atoms with Gasteiger partial charge in [0.1, 0.15) is 18.5 Å². The highest BCUT2D eigenvalue weighted by atomic mass is 16.5. The maximum absolute atomic E-state index is 12.7. The van der Waals surface area contributed by atoms with E-state index in [2.05, 4.69) is 20.1 Å². The van der Waals surface area contributed by atoms with E-state index in [-0.39, 0.29) is 24.6 Å². The fourth-order valence-corrected chi connectivity index (χ4v) is 3.80. The van der Waals surface area contributed by atoms with E-state index < -0.39 is 6.10 Å². The SMILES string of the molecule is Cc1nc([C@H]2OCC(=O)N(C3CC3)[C@@H]2c2cccnc2)n(-c2cccnc2)n1. The molecule has 8 nitrogen and oxygen atoms in total. The number of rotatable bonds is 4. The molecule has 2 atom stereocenters. The van der Waals surface area contributed by atoms with E-state index in [0.29, 0.717) is 11.6 Å². The van der Waals surface area contributed by atoms with Crippen molar-refractivity contribution in [1.29, 1.82) is 0 Å². The lowest BCUT2D eigenvalue weighted by Crippen LogP contribution is -2.47. The Kier molecular flexibility index (Phi) is 4.12. The van der Waals surface area contributed by atoms with Crippen LogP contribution in [0.3, 0.4) is 0 Å². The number of aromatic nitrogens is 5. The molecule has 8 heteroatoms. The largest absolute Gasteiger partial charge is 0.358 e. The first-order valence-electron chi connectivity index (χ1n) is 9.39. The standard InChI is InChI=1S/C20H20N6O2/c1-13-23-20(26(24-13)16-5-3-9-22-11-16)19-18(14-4-2-8-21-10-14)25(15-6-7-15)17(27)12-28-19/h2-5,8-11,15,18-19H,6-7,12H2,1H3/t18-,19+/m1/s1. The minimum atomic E-state index is -0.441. The first-order chi connectivity index (χ1) is 13.7. The number of hydrogen-bond acceptors (Lipinski definition) is 6. The summed E-state index contributed by atoms with van der Waals surface area (Å²) in [4.78, 5) is 27.8. The van der Waals surface area contributed by atoms with E-state index in [0.717, 1.165) is 24.1 Å². The summed E-state index contributed by atoms with van der Waals surface area (Å²) >= 11 is 0. The number of hydrogen-bond donors (Lipinski definition) is 0. The lowest BCUT2D eigenvalue weighted by Gasteiger charge is -2.41. The van der Waals surface area contributed by atoms with Gasteiger partial charge in [-0.15, -0.1) is 0 Å².